The largest absolute Gasteiger partial charge is 0.493 e. The summed E-state index contributed by atoms with van der Waals surface area (Å²) in [5, 5.41) is 9.40. The van der Waals surface area contributed by atoms with E-state index in [1.165, 1.54) is 11.1 Å². The summed E-state index contributed by atoms with van der Waals surface area (Å²) in [6.45, 7) is 1.45. The zero-order chi connectivity index (χ0) is 16.0. The number of ether oxygens (including phenoxy) is 2. The predicted molar refractivity (Wildman–Crippen MR) is 89.5 cm³/mol. The number of halogens is 1. The number of carboxylic acids is 1. The first-order valence-corrected chi connectivity index (χ1v) is 9.30. The molecule has 2 aliphatic heterocycles. The smallest absolute Gasteiger partial charge is 0.303 e. The summed E-state index contributed by atoms with van der Waals surface area (Å²) in [5.74, 6) is 1.70. The number of carboxylic acid groups (broad SMARTS) is 1. The van der Waals surface area contributed by atoms with E-state index in [4.69, 9.17) is 9.47 Å². The lowest BCUT2D eigenvalue weighted by Crippen LogP contribution is -2.21. The summed E-state index contributed by atoms with van der Waals surface area (Å²) in [6.07, 6.45) is 6.32. The molecule has 0 amide bonds. The van der Waals surface area contributed by atoms with Crippen LogP contribution in [0.25, 0.3) is 0 Å². The van der Waals surface area contributed by atoms with Crippen LogP contribution in [0.15, 0.2) is 4.47 Å². The fourth-order valence-corrected chi connectivity index (χ4v) is 4.74. The first kappa shape index (κ1) is 15.3. The maximum atomic E-state index is 11.4. The zero-order valence-electron chi connectivity index (χ0n) is 13.1. The normalized spacial score (nSPS) is 20.7. The summed E-state index contributed by atoms with van der Waals surface area (Å²) >= 11 is 3.72. The van der Waals surface area contributed by atoms with E-state index >= 15 is 0 Å². The van der Waals surface area contributed by atoms with E-state index in [1.807, 2.05) is 0 Å². The molecule has 4 nitrogen and oxygen atoms in total. The molecular weight excluding hydrogens is 360 g/mol. The Hall–Kier alpha value is -1.23. The zero-order valence-corrected chi connectivity index (χ0v) is 14.7. The Kier molecular flexibility index (Phi) is 4.00. The van der Waals surface area contributed by atoms with Crippen molar-refractivity contribution in [2.45, 2.75) is 50.9 Å². The fraction of sp³-hybridized carbons (Fsp3) is 0.611. The lowest BCUT2D eigenvalue weighted by atomic mass is 9.82. The Morgan fingerprint density at radius 3 is 2.43 bits per heavy atom. The SMILES string of the molecule is O=C(O)CC(c1c2c(c(Br)c3c1OCCC3)OCCC2)C1CC1. The van der Waals surface area contributed by atoms with E-state index in [9.17, 15) is 9.90 Å². The quantitative estimate of drug-likeness (QED) is 0.855. The van der Waals surface area contributed by atoms with Gasteiger partial charge in [-0.15, -0.1) is 0 Å². The molecule has 0 radical (unpaired) electrons. The molecule has 3 aliphatic rings. The van der Waals surface area contributed by atoms with E-state index in [0.29, 0.717) is 5.92 Å². The van der Waals surface area contributed by atoms with Crippen molar-refractivity contribution < 1.29 is 19.4 Å². The summed E-state index contributed by atoms with van der Waals surface area (Å²) in [5.41, 5.74) is 3.49. The van der Waals surface area contributed by atoms with Gasteiger partial charge in [0.1, 0.15) is 11.5 Å². The third-order valence-electron chi connectivity index (χ3n) is 5.17. The van der Waals surface area contributed by atoms with Crippen molar-refractivity contribution in [1.29, 1.82) is 0 Å². The van der Waals surface area contributed by atoms with Gasteiger partial charge < -0.3 is 14.6 Å². The van der Waals surface area contributed by atoms with Crippen LogP contribution in [0.2, 0.25) is 0 Å². The number of carbonyl (C=O) groups is 1. The van der Waals surface area contributed by atoms with Gasteiger partial charge in [-0.3, -0.25) is 4.79 Å². The van der Waals surface area contributed by atoms with Gasteiger partial charge in [0.2, 0.25) is 0 Å². The van der Waals surface area contributed by atoms with Gasteiger partial charge in [0.05, 0.1) is 24.1 Å². The Morgan fingerprint density at radius 1 is 1.13 bits per heavy atom. The van der Waals surface area contributed by atoms with Gasteiger partial charge >= 0.3 is 5.97 Å². The van der Waals surface area contributed by atoms with Crippen LogP contribution in [-0.2, 0) is 17.6 Å². The second-order valence-electron chi connectivity index (χ2n) is 6.79. The van der Waals surface area contributed by atoms with Crippen molar-refractivity contribution in [2.75, 3.05) is 13.2 Å². The molecule has 4 rings (SSSR count). The number of fused-ring (bicyclic) bond motifs is 2. The third kappa shape index (κ3) is 2.73. The van der Waals surface area contributed by atoms with Crippen LogP contribution in [0.1, 0.15) is 54.7 Å². The second kappa shape index (κ2) is 6.00. The highest BCUT2D eigenvalue weighted by Crippen LogP contribution is 2.54. The summed E-state index contributed by atoms with van der Waals surface area (Å²) in [7, 11) is 0. The van der Waals surface area contributed by atoms with Crippen LogP contribution >= 0.6 is 15.9 Å². The molecule has 1 saturated carbocycles. The maximum Gasteiger partial charge on any atom is 0.303 e. The standard InChI is InChI=1S/C18H21BrO4/c19-16-12-4-2-7-22-17(12)15(11-3-1-8-23-18(11)16)13(9-14(20)21)10-5-6-10/h10,13H,1-9H2,(H,20,21). The van der Waals surface area contributed by atoms with Crippen molar-refractivity contribution in [3.8, 4) is 11.5 Å². The number of hydrogen-bond donors (Lipinski definition) is 1. The highest BCUT2D eigenvalue weighted by atomic mass is 79.9. The molecular formula is C18H21BrO4. The van der Waals surface area contributed by atoms with Gasteiger partial charge in [-0.25, -0.2) is 0 Å². The van der Waals surface area contributed by atoms with E-state index < -0.39 is 5.97 Å². The molecule has 0 bridgehead atoms. The highest BCUT2D eigenvalue weighted by molar-refractivity contribution is 9.10. The minimum absolute atomic E-state index is 0.0582. The lowest BCUT2D eigenvalue weighted by molar-refractivity contribution is -0.137. The monoisotopic (exact) mass is 380 g/mol. The van der Waals surface area contributed by atoms with Crippen LogP contribution in [0.4, 0.5) is 0 Å². The van der Waals surface area contributed by atoms with Crippen molar-refractivity contribution in [1.82, 2.24) is 0 Å². The van der Waals surface area contributed by atoms with Crippen molar-refractivity contribution in [3.05, 3.63) is 21.2 Å². The average Bonchev–Trinajstić information content (AvgIpc) is 3.39. The first-order valence-electron chi connectivity index (χ1n) is 8.51. The van der Waals surface area contributed by atoms with Crippen LogP contribution < -0.4 is 9.47 Å². The van der Waals surface area contributed by atoms with Gasteiger partial charge in [0, 0.05) is 22.6 Å². The molecule has 1 fully saturated rings. The van der Waals surface area contributed by atoms with E-state index in [1.54, 1.807) is 0 Å². The molecule has 0 saturated heterocycles. The summed E-state index contributed by atoms with van der Waals surface area (Å²) < 4.78 is 13.1. The van der Waals surface area contributed by atoms with E-state index in [-0.39, 0.29) is 12.3 Å². The number of benzene rings is 1. The summed E-state index contributed by atoms with van der Waals surface area (Å²) in [6, 6.07) is 0. The molecule has 1 aromatic rings. The van der Waals surface area contributed by atoms with Crippen molar-refractivity contribution in [2.24, 2.45) is 5.92 Å². The second-order valence-corrected chi connectivity index (χ2v) is 7.58. The maximum absolute atomic E-state index is 11.4. The Balaban J connectivity index is 1.90. The molecule has 0 spiro atoms. The molecule has 1 atom stereocenters. The highest BCUT2D eigenvalue weighted by Gasteiger charge is 2.40. The van der Waals surface area contributed by atoms with Gasteiger partial charge in [-0.1, -0.05) is 0 Å². The summed E-state index contributed by atoms with van der Waals surface area (Å²) in [4.78, 5) is 11.4. The molecule has 1 unspecified atom stereocenters. The molecule has 2 heterocycles. The first-order chi connectivity index (χ1) is 11.2. The van der Waals surface area contributed by atoms with Gasteiger partial charge in [0.15, 0.2) is 0 Å². The molecule has 124 valence electrons. The molecule has 23 heavy (non-hydrogen) atoms. The topological polar surface area (TPSA) is 55.8 Å². The molecule has 1 aromatic carbocycles. The Labute approximate surface area is 144 Å². The van der Waals surface area contributed by atoms with E-state index in [2.05, 4.69) is 15.9 Å². The van der Waals surface area contributed by atoms with Crippen LogP contribution in [0, 0.1) is 5.92 Å². The number of hydrogen-bond acceptors (Lipinski definition) is 3. The van der Waals surface area contributed by atoms with Crippen LogP contribution in [-0.4, -0.2) is 24.3 Å². The molecule has 1 aliphatic carbocycles. The Bertz CT molecular complexity index is 614. The molecule has 0 aromatic heterocycles. The Morgan fingerprint density at radius 2 is 1.78 bits per heavy atom. The van der Waals surface area contributed by atoms with Crippen LogP contribution in [0.3, 0.4) is 0 Å². The number of rotatable bonds is 4. The molecule has 1 N–H and O–H groups in total. The van der Waals surface area contributed by atoms with Gasteiger partial charge in [-0.2, -0.15) is 0 Å². The minimum atomic E-state index is -0.722. The van der Waals surface area contributed by atoms with Crippen molar-refractivity contribution in [3.63, 3.8) is 0 Å². The molecule has 5 heteroatoms. The fourth-order valence-electron chi connectivity index (χ4n) is 4.01. The number of aliphatic carboxylic acids is 1. The third-order valence-corrected chi connectivity index (χ3v) is 6.01. The average molecular weight is 381 g/mol. The van der Waals surface area contributed by atoms with Crippen LogP contribution in [0.5, 0.6) is 11.5 Å². The van der Waals surface area contributed by atoms with Crippen molar-refractivity contribution >= 4 is 21.9 Å². The minimum Gasteiger partial charge on any atom is -0.493 e. The van der Waals surface area contributed by atoms with Gasteiger partial charge in [0.25, 0.3) is 0 Å². The predicted octanol–water partition coefficient (Wildman–Crippen LogP) is 4.07. The lowest BCUT2D eigenvalue weighted by Gasteiger charge is -2.32. The van der Waals surface area contributed by atoms with E-state index in [0.717, 1.165) is 73.3 Å². The van der Waals surface area contributed by atoms with Gasteiger partial charge in [-0.05, 0) is 60.4 Å².